The van der Waals surface area contributed by atoms with Crippen LogP contribution >= 0.6 is 27.7 Å². The number of rotatable bonds is 8. The lowest BCUT2D eigenvalue weighted by atomic mass is 10.2. The lowest BCUT2D eigenvalue weighted by Gasteiger charge is -2.07. The summed E-state index contributed by atoms with van der Waals surface area (Å²) in [7, 11) is 0. The molecule has 0 radical (unpaired) electrons. The highest BCUT2D eigenvalue weighted by Crippen LogP contribution is 2.33. The van der Waals surface area contributed by atoms with E-state index in [2.05, 4.69) is 26.3 Å². The number of nitro groups is 2. The normalized spacial score (nSPS) is 10.8. The summed E-state index contributed by atoms with van der Waals surface area (Å²) in [5.41, 5.74) is 1.17. The lowest BCUT2D eigenvalue weighted by Crippen LogP contribution is -2.11. The summed E-state index contributed by atoms with van der Waals surface area (Å²) in [5, 5.41) is 28.8. The average Bonchev–Trinajstić information content (AvgIpc) is 3.42. The average molecular weight is 558 g/mol. The Labute approximate surface area is 210 Å². The number of nitrogens with one attached hydrogen (secondary N) is 1. The zero-order chi connectivity index (χ0) is 25.1. The van der Waals surface area contributed by atoms with Crippen LogP contribution in [-0.2, 0) is 6.54 Å². The summed E-state index contributed by atoms with van der Waals surface area (Å²) in [6.07, 6.45) is 1.43. The van der Waals surface area contributed by atoms with Crippen LogP contribution in [0.2, 0.25) is 0 Å². The molecule has 0 aliphatic carbocycles. The number of halogens is 1. The van der Waals surface area contributed by atoms with Gasteiger partial charge in [0.2, 0.25) is 0 Å². The van der Waals surface area contributed by atoms with Crippen molar-refractivity contribution in [2.24, 2.45) is 0 Å². The van der Waals surface area contributed by atoms with Crippen LogP contribution in [0, 0.1) is 27.2 Å². The van der Waals surface area contributed by atoms with E-state index in [1.165, 1.54) is 40.8 Å². The third kappa shape index (κ3) is 5.94. The van der Waals surface area contributed by atoms with E-state index in [0.29, 0.717) is 10.7 Å². The quantitative estimate of drug-likeness (QED) is 0.210. The van der Waals surface area contributed by atoms with Crippen molar-refractivity contribution in [2.75, 3.05) is 5.32 Å². The molecule has 0 saturated carbocycles. The van der Waals surface area contributed by atoms with Gasteiger partial charge in [-0.15, -0.1) is 0 Å². The summed E-state index contributed by atoms with van der Waals surface area (Å²) in [5.74, 6) is -0.621. The van der Waals surface area contributed by atoms with Gasteiger partial charge in [0.25, 0.3) is 11.6 Å². The molecule has 0 aliphatic heterocycles. The van der Waals surface area contributed by atoms with Gasteiger partial charge in [0.1, 0.15) is 16.8 Å². The Balaban J connectivity index is 1.50. The van der Waals surface area contributed by atoms with Crippen LogP contribution in [0.15, 0.2) is 79.5 Å². The smallest absolute Gasteiger partial charge is 0.404 e. The van der Waals surface area contributed by atoms with Crippen LogP contribution in [0.4, 0.5) is 17.2 Å². The molecule has 2 aromatic carbocycles. The van der Waals surface area contributed by atoms with Gasteiger partial charge in [-0.3, -0.25) is 14.9 Å². The second-order valence-corrected chi connectivity index (χ2v) is 9.36. The van der Waals surface area contributed by atoms with E-state index < -0.39 is 15.8 Å². The number of nitrogens with zero attached hydrogens (tertiary/aromatic N) is 4. The van der Waals surface area contributed by atoms with Crippen molar-refractivity contribution in [1.82, 2.24) is 9.78 Å². The predicted octanol–water partition coefficient (Wildman–Crippen LogP) is 5.82. The number of amides is 1. The number of nitro benzene ring substituents is 1. The maximum absolute atomic E-state index is 12.7. The second-order valence-electron chi connectivity index (χ2n) is 7.36. The minimum absolute atomic E-state index is 0.0278. The number of benzene rings is 2. The summed E-state index contributed by atoms with van der Waals surface area (Å²) in [6.45, 7) is 2.03. The van der Waals surface area contributed by atoms with E-state index in [0.717, 1.165) is 10.5 Å². The molecule has 0 fully saturated rings. The zero-order valence-corrected chi connectivity index (χ0v) is 20.4. The fourth-order valence-electron chi connectivity index (χ4n) is 3.09. The molecule has 0 spiro atoms. The third-order valence-corrected chi connectivity index (χ3v) is 6.23. The van der Waals surface area contributed by atoms with Crippen molar-refractivity contribution < 1.29 is 19.1 Å². The highest BCUT2D eigenvalue weighted by molar-refractivity contribution is 9.10. The van der Waals surface area contributed by atoms with Gasteiger partial charge in [-0.25, -0.2) is 0 Å². The number of hydrogen-bond donors (Lipinski definition) is 1. The Morgan fingerprint density at radius 3 is 2.49 bits per heavy atom. The summed E-state index contributed by atoms with van der Waals surface area (Å²) in [4.78, 5) is 35.4. The summed E-state index contributed by atoms with van der Waals surface area (Å²) in [6, 6.07) is 15.0. The molecule has 13 heteroatoms. The molecule has 0 atom stereocenters. The number of aryl methyl sites for hydroxylation is 1. The number of carbonyl (C=O) groups excluding carboxylic acids is 1. The molecule has 2 aromatic heterocycles. The molecule has 0 aliphatic rings. The monoisotopic (exact) mass is 557 g/mol. The number of non-ortho nitro benzene ring substituents is 1. The predicted molar refractivity (Wildman–Crippen MR) is 131 cm³/mol. The van der Waals surface area contributed by atoms with Gasteiger partial charge in [-0.05, 0) is 58.1 Å². The van der Waals surface area contributed by atoms with Gasteiger partial charge in [-0.2, -0.15) is 4.68 Å². The van der Waals surface area contributed by atoms with Crippen molar-refractivity contribution in [3.8, 4) is 0 Å². The molecule has 0 bridgehead atoms. The fourth-order valence-corrected chi connectivity index (χ4v) is 4.46. The maximum atomic E-state index is 12.7. The molecule has 0 unspecified atom stereocenters. The standard InChI is InChI=1S/C22H16BrN5O6S/c1-13-2-5-17(6-3-13)35-18-9-14(8-15(10-18)27(30)31)24-22(29)20-7-4-16(34-20)11-26-12-19(23)21(25-26)28(32)33/h2-10,12H,11H2,1H3,(H,24,29). The van der Waals surface area contributed by atoms with Gasteiger partial charge in [0.05, 0.1) is 16.2 Å². The summed E-state index contributed by atoms with van der Waals surface area (Å²) >= 11 is 4.41. The molecule has 35 heavy (non-hydrogen) atoms. The van der Waals surface area contributed by atoms with E-state index in [-0.39, 0.29) is 34.0 Å². The topological polar surface area (TPSA) is 146 Å². The first-order chi connectivity index (χ1) is 16.7. The highest BCUT2D eigenvalue weighted by atomic mass is 79.9. The Hall–Kier alpha value is -3.97. The van der Waals surface area contributed by atoms with E-state index in [1.54, 1.807) is 12.1 Å². The number of aromatic nitrogens is 2. The zero-order valence-electron chi connectivity index (χ0n) is 18.0. The van der Waals surface area contributed by atoms with Gasteiger partial charge in [-0.1, -0.05) is 29.5 Å². The van der Waals surface area contributed by atoms with Crippen molar-refractivity contribution in [1.29, 1.82) is 0 Å². The SMILES string of the molecule is Cc1ccc(Sc2cc(NC(=O)c3ccc(Cn4cc(Br)c([N+](=O)[O-])n4)o3)cc([N+](=O)[O-])c2)cc1. The second kappa shape index (κ2) is 10.1. The Kier molecular flexibility index (Phi) is 6.98. The fraction of sp³-hybridized carbons (Fsp3) is 0.0909. The maximum Gasteiger partial charge on any atom is 0.404 e. The van der Waals surface area contributed by atoms with E-state index in [1.807, 2.05) is 31.2 Å². The molecule has 1 N–H and O–H groups in total. The third-order valence-electron chi connectivity index (χ3n) is 4.69. The number of furan rings is 1. The lowest BCUT2D eigenvalue weighted by molar-refractivity contribution is -0.390. The van der Waals surface area contributed by atoms with Crippen molar-refractivity contribution >= 4 is 50.8 Å². The molecule has 1 amide bonds. The molecule has 4 aromatic rings. The van der Waals surface area contributed by atoms with Crippen molar-refractivity contribution in [3.63, 3.8) is 0 Å². The minimum atomic E-state index is -0.619. The first-order valence-corrected chi connectivity index (χ1v) is 11.6. The van der Waals surface area contributed by atoms with Gasteiger partial charge in [0, 0.05) is 27.6 Å². The number of anilines is 1. The molecule has 0 saturated heterocycles. The Bertz CT molecular complexity index is 1430. The van der Waals surface area contributed by atoms with Crippen LogP contribution in [0.25, 0.3) is 0 Å². The molecular weight excluding hydrogens is 542 g/mol. The van der Waals surface area contributed by atoms with E-state index in [4.69, 9.17) is 4.42 Å². The number of carbonyl (C=O) groups is 1. The van der Waals surface area contributed by atoms with Crippen LogP contribution in [-0.4, -0.2) is 25.5 Å². The van der Waals surface area contributed by atoms with E-state index >= 15 is 0 Å². The first-order valence-electron chi connectivity index (χ1n) is 9.99. The van der Waals surface area contributed by atoms with Crippen LogP contribution < -0.4 is 5.32 Å². The van der Waals surface area contributed by atoms with Crippen molar-refractivity contribution in [3.05, 3.63) is 103 Å². The van der Waals surface area contributed by atoms with Crippen LogP contribution in [0.3, 0.4) is 0 Å². The van der Waals surface area contributed by atoms with Gasteiger partial charge >= 0.3 is 5.82 Å². The largest absolute Gasteiger partial charge is 0.454 e. The Morgan fingerprint density at radius 1 is 1.09 bits per heavy atom. The van der Waals surface area contributed by atoms with Crippen LogP contribution in [0.5, 0.6) is 0 Å². The Morgan fingerprint density at radius 2 is 1.83 bits per heavy atom. The van der Waals surface area contributed by atoms with Crippen molar-refractivity contribution in [2.45, 2.75) is 23.3 Å². The summed E-state index contributed by atoms with van der Waals surface area (Å²) < 4.78 is 7.07. The van der Waals surface area contributed by atoms with Gasteiger partial charge < -0.3 is 19.8 Å². The molecular formula is C22H16BrN5O6S. The molecule has 2 heterocycles. The van der Waals surface area contributed by atoms with E-state index in [9.17, 15) is 25.0 Å². The molecule has 178 valence electrons. The van der Waals surface area contributed by atoms with Crippen LogP contribution in [0.1, 0.15) is 21.9 Å². The highest BCUT2D eigenvalue weighted by Gasteiger charge is 2.20. The minimum Gasteiger partial charge on any atom is -0.454 e. The van der Waals surface area contributed by atoms with Gasteiger partial charge in [0.15, 0.2) is 5.76 Å². The number of hydrogen-bond acceptors (Lipinski definition) is 8. The molecule has 4 rings (SSSR count). The first kappa shape index (κ1) is 24.2. The molecule has 11 nitrogen and oxygen atoms in total.